The molecule has 2 fully saturated rings. The van der Waals surface area contributed by atoms with Gasteiger partial charge < -0.3 is 14.8 Å². The van der Waals surface area contributed by atoms with E-state index in [1.54, 1.807) is 7.11 Å². The zero-order valence-electron chi connectivity index (χ0n) is 11.3. The van der Waals surface area contributed by atoms with Crippen LogP contribution in [0.25, 0.3) is 0 Å². The Labute approximate surface area is 108 Å². The summed E-state index contributed by atoms with van der Waals surface area (Å²) in [7, 11) is 1.69. The van der Waals surface area contributed by atoms with Crippen LogP contribution in [0.4, 0.5) is 5.69 Å². The van der Waals surface area contributed by atoms with Crippen LogP contribution in [-0.4, -0.2) is 25.9 Å². The van der Waals surface area contributed by atoms with Crippen LogP contribution in [0.5, 0.6) is 5.75 Å². The molecule has 98 valence electrons. The van der Waals surface area contributed by atoms with Crippen LogP contribution in [0.2, 0.25) is 0 Å². The van der Waals surface area contributed by atoms with E-state index in [2.05, 4.69) is 31.3 Å². The van der Waals surface area contributed by atoms with Crippen molar-refractivity contribution < 1.29 is 9.47 Å². The molecule has 3 unspecified atom stereocenters. The summed E-state index contributed by atoms with van der Waals surface area (Å²) in [6, 6.07) is 8.67. The summed E-state index contributed by atoms with van der Waals surface area (Å²) in [5, 5.41) is 3.66. The molecule has 1 aromatic rings. The molecule has 0 radical (unpaired) electrons. The van der Waals surface area contributed by atoms with Gasteiger partial charge in [-0.25, -0.2) is 0 Å². The fourth-order valence-electron chi connectivity index (χ4n) is 3.48. The fourth-order valence-corrected chi connectivity index (χ4v) is 3.48. The van der Waals surface area contributed by atoms with Crippen LogP contribution in [-0.2, 0) is 4.74 Å². The van der Waals surface area contributed by atoms with Gasteiger partial charge in [-0.2, -0.15) is 0 Å². The molecular weight excluding hydrogens is 226 g/mol. The van der Waals surface area contributed by atoms with E-state index in [-0.39, 0.29) is 5.41 Å². The van der Waals surface area contributed by atoms with Gasteiger partial charge in [-0.3, -0.25) is 0 Å². The molecule has 0 spiro atoms. The molecule has 3 heteroatoms. The molecule has 3 rings (SSSR count). The minimum atomic E-state index is 0.223. The highest BCUT2D eigenvalue weighted by molar-refractivity contribution is 5.48. The zero-order chi connectivity index (χ0) is 12.8. The topological polar surface area (TPSA) is 30.5 Å². The van der Waals surface area contributed by atoms with Gasteiger partial charge in [0.2, 0.25) is 0 Å². The number of fused-ring (bicyclic) bond motifs is 1. The van der Waals surface area contributed by atoms with Gasteiger partial charge in [-0.15, -0.1) is 0 Å². The maximum absolute atomic E-state index is 5.81. The van der Waals surface area contributed by atoms with E-state index in [0.29, 0.717) is 18.1 Å². The monoisotopic (exact) mass is 247 g/mol. The average Bonchev–Trinajstić information content (AvgIpc) is 2.83. The van der Waals surface area contributed by atoms with Crippen molar-refractivity contribution in [2.75, 3.05) is 19.0 Å². The molecule has 0 amide bonds. The van der Waals surface area contributed by atoms with Gasteiger partial charge in [0.15, 0.2) is 0 Å². The molecule has 2 aliphatic rings. The lowest BCUT2D eigenvalue weighted by atomic mass is 9.57. The smallest absolute Gasteiger partial charge is 0.119 e. The van der Waals surface area contributed by atoms with E-state index in [1.807, 2.05) is 12.1 Å². The van der Waals surface area contributed by atoms with Gasteiger partial charge in [0, 0.05) is 29.7 Å². The molecule has 1 heterocycles. The lowest BCUT2D eigenvalue weighted by Gasteiger charge is -2.55. The second kappa shape index (κ2) is 4.16. The van der Waals surface area contributed by atoms with Gasteiger partial charge in [-0.05, 0) is 30.7 Å². The van der Waals surface area contributed by atoms with E-state index in [1.165, 1.54) is 12.1 Å². The molecule has 1 N–H and O–H groups in total. The van der Waals surface area contributed by atoms with E-state index >= 15 is 0 Å². The third kappa shape index (κ3) is 1.69. The Kier molecular flexibility index (Phi) is 2.74. The molecule has 1 aliphatic carbocycles. The van der Waals surface area contributed by atoms with E-state index < -0.39 is 0 Å². The van der Waals surface area contributed by atoms with Crippen molar-refractivity contribution in [1.82, 2.24) is 0 Å². The summed E-state index contributed by atoms with van der Waals surface area (Å²) in [5.74, 6) is 1.57. The van der Waals surface area contributed by atoms with Crippen LogP contribution in [0.15, 0.2) is 24.3 Å². The first kappa shape index (κ1) is 11.8. The minimum absolute atomic E-state index is 0.223. The predicted molar refractivity (Wildman–Crippen MR) is 72.0 cm³/mol. The Hall–Kier alpha value is -1.22. The van der Waals surface area contributed by atoms with Gasteiger partial charge in [0.1, 0.15) is 5.75 Å². The number of hydrogen-bond acceptors (Lipinski definition) is 3. The number of hydrogen-bond donors (Lipinski definition) is 1. The highest BCUT2D eigenvalue weighted by atomic mass is 16.5. The molecular formula is C15H21NO2. The Bertz CT molecular complexity index is 427. The Morgan fingerprint density at radius 1 is 1.28 bits per heavy atom. The first-order valence-electron chi connectivity index (χ1n) is 6.65. The summed E-state index contributed by atoms with van der Waals surface area (Å²) < 4.78 is 11.0. The molecule has 3 atom stereocenters. The van der Waals surface area contributed by atoms with Crippen LogP contribution in [0, 0.1) is 11.3 Å². The van der Waals surface area contributed by atoms with Gasteiger partial charge in [0.05, 0.1) is 13.2 Å². The summed E-state index contributed by atoms with van der Waals surface area (Å²) >= 11 is 0. The average molecular weight is 247 g/mol. The third-order valence-electron chi connectivity index (χ3n) is 4.51. The van der Waals surface area contributed by atoms with Crippen molar-refractivity contribution in [1.29, 1.82) is 0 Å². The Morgan fingerprint density at radius 2 is 2.00 bits per heavy atom. The van der Waals surface area contributed by atoms with Crippen LogP contribution < -0.4 is 10.1 Å². The van der Waals surface area contributed by atoms with Gasteiger partial charge >= 0.3 is 0 Å². The van der Waals surface area contributed by atoms with Crippen LogP contribution in [0.3, 0.4) is 0 Å². The number of rotatable bonds is 3. The lowest BCUT2D eigenvalue weighted by Crippen LogP contribution is -2.63. The van der Waals surface area contributed by atoms with Crippen LogP contribution >= 0.6 is 0 Å². The van der Waals surface area contributed by atoms with Crippen molar-refractivity contribution >= 4 is 5.69 Å². The number of methoxy groups -OCH3 is 1. The third-order valence-corrected chi connectivity index (χ3v) is 4.51. The summed E-state index contributed by atoms with van der Waals surface area (Å²) in [6.07, 6.45) is 1.62. The predicted octanol–water partition coefficient (Wildman–Crippen LogP) is 2.92. The number of benzene rings is 1. The van der Waals surface area contributed by atoms with Crippen molar-refractivity contribution in [3.63, 3.8) is 0 Å². The van der Waals surface area contributed by atoms with Gasteiger partial charge in [-0.1, -0.05) is 13.8 Å². The van der Waals surface area contributed by atoms with E-state index in [9.17, 15) is 0 Å². The van der Waals surface area contributed by atoms with Crippen molar-refractivity contribution in [3.8, 4) is 5.75 Å². The molecule has 0 bridgehead atoms. The highest BCUT2D eigenvalue weighted by Gasteiger charge is 2.59. The number of ether oxygens (including phenoxy) is 2. The largest absolute Gasteiger partial charge is 0.497 e. The highest BCUT2D eigenvalue weighted by Crippen LogP contribution is 2.53. The van der Waals surface area contributed by atoms with E-state index in [4.69, 9.17) is 9.47 Å². The first-order chi connectivity index (χ1) is 8.63. The fraction of sp³-hybridized carbons (Fsp3) is 0.600. The maximum Gasteiger partial charge on any atom is 0.119 e. The maximum atomic E-state index is 5.81. The second-order valence-corrected chi connectivity index (χ2v) is 5.92. The molecule has 3 nitrogen and oxygen atoms in total. The summed E-state index contributed by atoms with van der Waals surface area (Å²) in [4.78, 5) is 0. The quantitative estimate of drug-likeness (QED) is 0.891. The number of nitrogens with one attached hydrogen (secondary N) is 1. The summed E-state index contributed by atoms with van der Waals surface area (Å²) in [6.45, 7) is 5.50. The first-order valence-corrected chi connectivity index (χ1v) is 6.65. The van der Waals surface area contributed by atoms with Crippen LogP contribution in [0.1, 0.15) is 20.3 Å². The van der Waals surface area contributed by atoms with E-state index in [0.717, 1.165) is 12.4 Å². The summed E-state index contributed by atoms with van der Waals surface area (Å²) in [5.41, 5.74) is 1.39. The molecule has 1 aliphatic heterocycles. The lowest BCUT2D eigenvalue weighted by molar-refractivity contribution is -0.0923. The SMILES string of the molecule is COc1ccc(NC2C3CCOC3C2(C)C)cc1. The van der Waals surface area contributed by atoms with Gasteiger partial charge in [0.25, 0.3) is 0 Å². The van der Waals surface area contributed by atoms with Crippen molar-refractivity contribution in [2.24, 2.45) is 11.3 Å². The number of anilines is 1. The molecule has 1 saturated heterocycles. The molecule has 18 heavy (non-hydrogen) atoms. The minimum Gasteiger partial charge on any atom is -0.497 e. The zero-order valence-corrected chi connectivity index (χ0v) is 11.3. The second-order valence-electron chi connectivity index (χ2n) is 5.92. The Morgan fingerprint density at radius 3 is 2.67 bits per heavy atom. The molecule has 1 saturated carbocycles. The van der Waals surface area contributed by atoms with Crippen molar-refractivity contribution in [3.05, 3.63) is 24.3 Å². The molecule has 1 aromatic carbocycles. The normalized spacial score (nSPS) is 32.5. The van der Waals surface area contributed by atoms with Crippen molar-refractivity contribution in [2.45, 2.75) is 32.4 Å². The standard InChI is InChI=1S/C15H21NO2/c1-15(2)13(12-8-9-18-14(12)15)16-10-4-6-11(17-3)7-5-10/h4-7,12-14,16H,8-9H2,1-3H3. The Balaban J connectivity index is 1.72. The molecule has 0 aromatic heterocycles.